The van der Waals surface area contributed by atoms with Gasteiger partial charge in [0.15, 0.2) is 0 Å². The van der Waals surface area contributed by atoms with Crippen molar-refractivity contribution in [3.63, 3.8) is 0 Å². The van der Waals surface area contributed by atoms with Gasteiger partial charge in [-0.2, -0.15) is 5.10 Å². The molecule has 0 bridgehead atoms. The number of methoxy groups -OCH3 is 1. The first-order chi connectivity index (χ1) is 15.6. The molecule has 2 N–H and O–H groups in total. The number of ether oxygens (including phenoxy) is 2. The number of aromatic nitrogens is 4. The molecule has 4 aromatic rings. The Morgan fingerprint density at radius 3 is 2.53 bits per heavy atom. The van der Waals surface area contributed by atoms with Crippen LogP contribution in [0.15, 0.2) is 84.8 Å². The van der Waals surface area contributed by atoms with Crippen LogP contribution >= 0.6 is 0 Å². The van der Waals surface area contributed by atoms with E-state index in [1.807, 2.05) is 65.4 Å². The molecule has 2 aromatic heterocycles. The Morgan fingerprint density at radius 2 is 1.88 bits per heavy atom. The summed E-state index contributed by atoms with van der Waals surface area (Å²) in [4.78, 5) is 16.9. The number of esters is 1. The number of imidazole rings is 1. The van der Waals surface area contributed by atoms with Crippen LogP contribution in [-0.2, 0) is 16.6 Å². The highest BCUT2D eigenvalue weighted by Gasteiger charge is 2.40. The van der Waals surface area contributed by atoms with E-state index in [9.17, 15) is 4.79 Å². The average Bonchev–Trinajstić information content (AvgIpc) is 3.47. The van der Waals surface area contributed by atoms with E-state index in [0.29, 0.717) is 5.88 Å². The molecule has 0 radical (unpaired) electrons. The number of rotatable bonds is 4. The van der Waals surface area contributed by atoms with E-state index in [2.05, 4.69) is 4.98 Å². The van der Waals surface area contributed by atoms with Crippen molar-refractivity contribution in [2.45, 2.75) is 5.92 Å². The van der Waals surface area contributed by atoms with Crippen LogP contribution in [0.1, 0.15) is 17.0 Å². The maximum atomic E-state index is 12.8. The van der Waals surface area contributed by atoms with E-state index in [1.54, 1.807) is 24.3 Å². The molecule has 8 heteroatoms. The van der Waals surface area contributed by atoms with Crippen molar-refractivity contribution in [3.05, 3.63) is 95.9 Å². The standard InChI is InChI=1S/C24H21N5O3/c1-28-23-19(21(27-28)16-6-4-3-5-7-16)18(20(22(25)32-23)24(30)31-2)15-8-10-17(11-9-15)29-13-12-26-14-29/h3-14,18H,25H2,1-2H3. The van der Waals surface area contributed by atoms with Gasteiger partial charge in [-0.3, -0.25) is 0 Å². The molecule has 160 valence electrons. The van der Waals surface area contributed by atoms with Crippen molar-refractivity contribution < 1.29 is 14.3 Å². The largest absolute Gasteiger partial charge is 0.465 e. The molecule has 0 spiro atoms. The topological polar surface area (TPSA) is 97.2 Å². The molecular weight excluding hydrogens is 406 g/mol. The van der Waals surface area contributed by atoms with Gasteiger partial charge in [-0.05, 0) is 17.7 Å². The van der Waals surface area contributed by atoms with E-state index < -0.39 is 11.9 Å². The molecule has 0 amide bonds. The van der Waals surface area contributed by atoms with E-state index >= 15 is 0 Å². The molecule has 5 rings (SSSR count). The number of hydrogen-bond donors (Lipinski definition) is 1. The third-order valence-corrected chi connectivity index (χ3v) is 5.56. The van der Waals surface area contributed by atoms with Gasteiger partial charge in [0.1, 0.15) is 11.3 Å². The summed E-state index contributed by atoms with van der Waals surface area (Å²) in [7, 11) is 3.12. The highest BCUT2D eigenvalue weighted by molar-refractivity contribution is 5.93. The molecule has 1 aliphatic rings. The second-order valence-electron chi connectivity index (χ2n) is 7.42. The first kappa shape index (κ1) is 19.6. The van der Waals surface area contributed by atoms with Crippen molar-refractivity contribution in [2.24, 2.45) is 12.8 Å². The Labute approximate surface area is 184 Å². The minimum atomic E-state index is -0.542. The predicted molar refractivity (Wildman–Crippen MR) is 118 cm³/mol. The van der Waals surface area contributed by atoms with Crippen molar-refractivity contribution in [3.8, 4) is 22.8 Å². The van der Waals surface area contributed by atoms with Crippen molar-refractivity contribution in [1.82, 2.24) is 19.3 Å². The second kappa shape index (κ2) is 7.73. The van der Waals surface area contributed by atoms with Gasteiger partial charge in [-0.25, -0.2) is 14.5 Å². The molecule has 1 aliphatic heterocycles. The third kappa shape index (κ3) is 3.13. The smallest absolute Gasteiger partial charge is 0.340 e. The van der Waals surface area contributed by atoms with E-state index in [4.69, 9.17) is 20.3 Å². The Morgan fingerprint density at radius 1 is 1.12 bits per heavy atom. The van der Waals surface area contributed by atoms with Crippen LogP contribution in [0.4, 0.5) is 0 Å². The Bertz CT molecular complexity index is 1310. The minimum Gasteiger partial charge on any atom is -0.465 e. The highest BCUT2D eigenvalue weighted by Crippen LogP contribution is 2.47. The van der Waals surface area contributed by atoms with Crippen molar-refractivity contribution in [1.29, 1.82) is 0 Å². The Hall–Kier alpha value is -4.33. The summed E-state index contributed by atoms with van der Waals surface area (Å²) in [6.45, 7) is 0. The van der Waals surface area contributed by atoms with Gasteiger partial charge < -0.3 is 19.8 Å². The van der Waals surface area contributed by atoms with Gasteiger partial charge >= 0.3 is 5.97 Å². The van der Waals surface area contributed by atoms with Gasteiger partial charge in [-0.15, -0.1) is 0 Å². The van der Waals surface area contributed by atoms with Gasteiger partial charge in [0.25, 0.3) is 0 Å². The monoisotopic (exact) mass is 427 g/mol. The second-order valence-corrected chi connectivity index (χ2v) is 7.42. The average molecular weight is 427 g/mol. The Balaban J connectivity index is 1.71. The number of carbonyl (C=O) groups excluding carboxylic acids is 1. The molecule has 2 aromatic carbocycles. The summed E-state index contributed by atoms with van der Waals surface area (Å²) < 4.78 is 14.5. The zero-order valence-electron chi connectivity index (χ0n) is 17.6. The molecule has 0 aliphatic carbocycles. The zero-order valence-corrected chi connectivity index (χ0v) is 17.6. The highest BCUT2D eigenvalue weighted by atomic mass is 16.5. The lowest BCUT2D eigenvalue weighted by Gasteiger charge is -2.27. The van der Waals surface area contributed by atoms with Gasteiger partial charge in [-0.1, -0.05) is 42.5 Å². The lowest BCUT2D eigenvalue weighted by Crippen LogP contribution is -2.27. The lowest BCUT2D eigenvalue weighted by atomic mass is 9.82. The maximum Gasteiger partial charge on any atom is 0.340 e. The summed E-state index contributed by atoms with van der Waals surface area (Å²) in [6.07, 6.45) is 5.32. The van der Waals surface area contributed by atoms with Crippen LogP contribution < -0.4 is 10.5 Å². The SMILES string of the molecule is COC(=O)C1=C(N)Oc2c(c(-c3ccccc3)nn2C)C1c1ccc(-n2ccnc2)cc1. The summed E-state index contributed by atoms with van der Waals surface area (Å²) >= 11 is 0. The molecule has 3 heterocycles. The molecule has 0 saturated carbocycles. The van der Waals surface area contributed by atoms with Gasteiger partial charge in [0.2, 0.25) is 11.8 Å². The maximum absolute atomic E-state index is 12.8. The molecule has 8 nitrogen and oxygen atoms in total. The van der Waals surface area contributed by atoms with Gasteiger partial charge in [0.05, 0.1) is 24.9 Å². The van der Waals surface area contributed by atoms with E-state index in [1.165, 1.54) is 7.11 Å². The van der Waals surface area contributed by atoms with Crippen molar-refractivity contribution >= 4 is 5.97 Å². The van der Waals surface area contributed by atoms with E-state index in [-0.39, 0.29) is 11.5 Å². The molecule has 32 heavy (non-hydrogen) atoms. The molecule has 0 saturated heterocycles. The number of aryl methyl sites for hydroxylation is 1. The number of hydrogen-bond acceptors (Lipinski definition) is 6. The van der Waals surface area contributed by atoms with Crippen LogP contribution in [0.3, 0.4) is 0 Å². The molecule has 1 unspecified atom stereocenters. The minimum absolute atomic E-state index is 0.00986. The third-order valence-electron chi connectivity index (χ3n) is 5.56. The lowest BCUT2D eigenvalue weighted by molar-refractivity contribution is -0.136. The van der Waals surface area contributed by atoms with Crippen LogP contribution in [0.5, 0.6) is 5.88 Å². The van der Waals surface area contributed by atoms with Crippen LogP contribution in [0, 0.1) is 0 Å². The van der Waals surface area contributed by atoms with Crippen LogP contribution in [0.2, 0.25) is 0 Å². The first-order valence-electron chi connectivity index (χ1n) is 10.0. The summed E-state index contributed by atoms with van der Waals surface area (Å²) in [5, 5.41) is 4.70. The van der Waals surface area contributed by atoms with E-state index in [0.717, 1.165) is 28.1 Å². The number of nitrogens with two attached hydrogens (primary N) is 1. The normalized spacial score (nSPS) is 15.2. The predicted octanol–water partition coefficient (Wildman–Crippen LogP) is 3.14. The summed E-state index contributed by atoms with van der Waals surface area (Å²) in [5.41, 5.74) is 10.7. The number of benzene rings is 2. The fraction of sp³-hybridized carbons (Fsp3) is 0.125. The number of fused-ring (bicyclic) bond motifs is 1. The first-order valence-corrected chi connectivity index (χ1v) is 10.0. The zero-order chi connectivity index (χ0) is 22.2. The molecular formula is C24H21N5O3. The molecule has 0 fully saturated rings. The quantitative estimate of drug-likeness (QED) is 0.503. The summed E-state index contributed by atoms with van der Waals surface area (Å²) in [5.74, 6) is -0.542. The fourth-order valence-electron chi connectivity index (χ4n) is 4.07. The molecule has 1 atom stereocenters. The number of nitrogens with zero attached hydrogens (tertiary/aromatic N) is 4. The number of carbonyl (C=O) groups is 1. The van der Waals surface area contributed by atoms with Crippen LogP contribution in [-0.4, -0.2) is 32.4 Å². The Kier molecular flexibility index (Phi) is 4.74. The van der Waals surface area contributed by atoms with Gasteiger partial charge in [0, 0.05) is 30.7 Å². The summed E-state index contributed by atoms with van der Waals surface area (Å²) in [6, 6.07) is 17.6. The van der Waals surface area contributed by atoms with Crippen LogP contribution in [0.25, 0.3) is 16.9 Å². The van der Waals surface area contributed by atoms with Crippen molar-refractivity contribution in [2.75, 3.05) is 7.11 Å². The fourth-order valence-corrected chi connectivity index (χ4v) is 4.07.